The number of hydrogen-bond donors (Lipinski definition) is 3. The molecule has 0 saturated carbocycles. The van der Waals surface area contributed by atoms with E-state index in [0.29, 0.717) is 11.5 Å². The molecular weight excluding hydrogens is 301 g/mol. The first-order chi connectivity index (χ1) is 10.9. The van der Waals surface area contributed by atoms with Gasteiger partial charge in [0.1, 0.15) is 17.7 Å². The summed E-state index contributed by atoms with van der Waals surface area (Å²) >= 11 is 0. The van der Waals surface area contributed by atoms with Crippen LogP contribution in [0.15, 0.2) is 40.7 Å². The Balaban J connectivity index is 1.81. The van der Waals surface area contributed by atoms with Gasteiger partial charge >= 0.3 is 0 Å². The molecule has 0 spiro atoms. The van der Waals surface area contributed by atoms with E-state index in [1.54, 1.807) is 6.07 Å². The number of nitrogens with one attached hydrogen (secondary N) is 3. The van der Waals surface area contributed by atoms with Crippen molar-refractivity contribution in [1.82, 2.24) is 15.8 Å². The minimum atomic E-state index is -0.775. The van der Waals surface area contributed by atoms with Crippen LogP contribution in [0.1, 0.15) is 20.3 Å². The first-order valence-corrected chi connectivity index (χ1v) is 7.12. The molecule has 3 rings (SSSR count). The summed E-state index contributed by atoms with van der Waals surface area (Å²) in [5.74, 6) is -0.281. The molecule has 3 N–H and O–H groups in total. The van der Waals surface area contributed by atoms with Crippen molar-refractivity contribution < 1.29 is 14.0 Å². The molecule has 0 aromatic heterocycles. The van der Waals surface area contributed by atoms with Crippen molar-refractivity contribution in [3.05, 3.63) is 41.5 Å². The zero-order valence-corrected chi connectivity index (χ0v) is 12.7. The van der Waals surface area contributed by atoms with Gasteiger partial charge in [0.15, 0.2) is 0 Å². The van der Waals surface area contributed by atoms with Crippen LogP contribution < -0.4 is 16.1 Å². The summed E-state index contributed by atoms with van der Waals surface area (Å²) in [7, 11) is 0. The Hall–Kier alpha value is -2.90. The normalized spacial score (nSPS) is 19.5. The van der Waals surface area contributed by atoms with Crippen molar-refractivity contribution in [3.63, 3.8) is 0 Å². The molecule has 120 valence electrons. The number of hydrogen-bond acceptors (Lipinski definition) is 5. The molecule has 0 radical (unpaired) electrons. The predicted molar refractivity (Wildman–Crippen MR) is 82.4 cm³/mol. The number of anilines is 1. The second-order valence-electron chi connectivity index (χ2n) is 5.53. The molecule has 7 nitrogen and oxygen atoms in total. The van der Waals surface area contributed by atoms with Gasteiger partial charge in [-0.2, -0.15) is 4.99 Å². The third kappa shape index (κ3) is 3.01. The van der Waals surface area contributed by atoms with Gasteiger partial charge in [0, 0.05) is 5.69 Å². The number of allylic oxidation sites excluding steroid dienone is 1. The van der Waals surface area contributed by atoms with Crippen LogP contribution in [0.3, 0.4) is 0 Å². The highest BCUT2D eigenvalue weighted by molar-refractivity contribution is 6.07. The summed E-state index contributed by atoms with van der Waals surface area (Å²) in [4.78, 5) is 28.5. The van der Waals surface area contributed by atoms with E-state index in [1.807, 2.05) is 13.8 Å². The number of aliphatic imine (C=N–C) groups is 1. The summed E-state index contributed by atoms with van der Waals surface area (Å²) < 4.78 is 13.2. The molecule has 2 aliphatic rings. The minimum Gasteiger partial charge on any atom is -0.324 e. The van der Waals surface area contributed by atoms with E-state index in [2.05, 4.69) is 21.1 Å². The fourth-order valence-electron chi connectivity index (χ4n) is 2.33. The first-order valence-electron chi connectivity index (χ1n) is 7.12. The van der Waals surface area contributed by atoms with E-state index >= 15 is 0 Å². The minimum absolute atomic E-state index is 0.0246. The summed E-state index contributed by atoms with van der Waals surface area (Å²) in [6.45, 7) is 3.74. The monoisotopic (exact) mass is 317 g/mol. The lowest BCUT2D eigenvalue weighted by molar-refractivity contribution is -0.129. The molecule has 2 aliphatic heterocycles. The molecule has 1 fully saturated rings. The number of amides is 2. The third-order valence-corrected chi connectivity index (χ3v) is 3.48. The summed E-state index contributed by atoms with van der Waals surface area (Å²) in [6, 6.07) is 4.81. The van der Waals surface area contributed by atoms with Crippen molar-refractivity contribution >= 4 is 23.5 Å². The van der Waals surface area contributed by atoms with E-state index < -0.39 is 17.8 Å². The molecule has 0 aliphatic carbocycles. The van der Waals surface area contributed by atoms with Gasteiger partial charge in [0.25, 0.3) is 0 Å². The topological polar surface area (TPSA) is 85.8 Å². The third-order valence-electron chi connectivity index (χ3n) is 3.48. The maximum absolute atomic E-state index is 13.2. The van der Waals surface area contributed by atoms with Gasteiger partial charge in [-0.25, -0.2) is 9.40 Å². The van der Waals surface area contributed by atoms with Crippen LogP contribution in [0.4, 0.5) is 10.1 Å². The Morgan fingerprint density at radius 3 is 2.91 bits per heavy atom. The smallest absolute Gasteiger partial charge is 0.249 e. The van der Waals surface area contributed by atoms with Crippen LogP contribution in [0.5, 0.6) is 0 Å². The van der Waals surface area contributed by atoms with Gasteiger partial charge < -0.3 is 5.32 Å². The lowest BCUT2D eigenvalue weighted by Gasteiger charge is -2.32. The van der Waals surface area contributed by atoms with Crippen LogP contribution in [-0.4, -0.2) is 28.8 Å². The average Bonchev–Trinajstić information content (AvgIpc) is 2.90. The SMILES string of the molecule is CC(C)=C1N=C2NC(=O)CC(C(=O)Nc3cccc(F)c3)N2N1. The van der Waals surface area contributed by atoms with E-state index in [0.717, 1.165) is 5.57 Å². The molecule has 1 atom stereocenters. The van der Waals surface area contributed by atoms with Crippen LogP contribution in [-0.2, 0) is 9.59 Å². The van der Waals surface area contributed by atoms with E-state index in [1.165, 1.54) is 23.2 Å². The van der Waals surface area contributed by atoms with Gasteiger partial charge in [-0.05, 0) is 37.6 Å². The van der Waals surface area contributed by atoms with Crippen molar-refractivity contribution in [2.45, 2.75) is 26.3 Å². The lowest BCUT2D eigenvalue weighted by Crippen LogP contribution is -2.61. The van der Waals surface area contributed by atoms with Gasteiger partial charge in [-0.1, -0.05) is 6.07 Å². The Kier molecular flexibility index (Phi) is 3.73. The molecule has 2 amide bonds. The standard InChI is InChI=1S/C15H16FN5O2/c1-8(2)13-19-15-18-12(22)7-11(21(15)20-13)14(23)17-10-5-3-4-9(16)6-10/h3-6,11,20H,7H2,1-2H3,(H,17,23)(H,18,19,22). The predicted octanol–water partition coefficient (Wildman–Crippen LogP) is 1.08. The van der Waals surface area contributed by atoms with Gasteiger partial charge in [-0.15, -0.1) is 0 Å². The molecule has 0 bridgehead atoms. The number of rotatable bonds is 2. The number of carbonyl (C=O) groups excluding carboxylic acids is 2. The molecule has 1 aromatic rings. The zero-order chi connectivity index (χ0) is 16.6. The molecule has 1 unspecified atom stereocenters. The van der Waals surface area contributed by atoms with Crippen molar-refractivity contribution in [2.75, 3.05) is 5.32 Å². The second kappa shape index (κ2) is 5.71. The van der Waals surface area contributed by atoms with Crippen LogP contribution in [0.25, 0.3) is 0 Å². The zero-order valence-electron chi connectivity index (χ0n) is 12.7. The Morgan fingerprint density at radius 1 is 1.43 bits per heavy atom. The van der Waals surface area contributed by atoms with Crippen LogP contribution in [0, 0.1) is 5.82 Å². The van der Waals surface area contributed by atoms with Gasteiger partial charge in [0.05, 0.1) is 6.42 Å². The van der Waals surface area contributed by atoms with E-state index in [4.69, 9.17) is 0 Å². The molecule has 1 aromatic carbocycles. The van der Waals surface area contributed by atoms with Crippen molar-refractivity contribution in [1.29, 1.82) is 0 Å². The van der Waals surface area contributed by atoms with Crippen LogP contribution >= 0.6 is 0 Å². The summed E-state index contributed by atoms with van der Waals surface area (Å²) in [5, 5.41) is 6.75. The largest absolute Gasteiger partial charge is 0.324 e. The number of halogens is 1. The summed E-state index contributed by atoms with van der Waals surface area (Å²) in [5.41, 5.74) is 4.26. The number of fused-ring (bicyclic) bond motifs is 1. The number of benzene rings is 1. The Bertz CT molecular complexity index is 739. The van der Waals surface area contributed by atoms with E-state index in [-0.39, 0.29) is 18.3 Å². The molecule has 2 heterocycles. The molecule has 8 heteroatoms. The second-order valence-corrected chi connectivity index (χ2v) is 5.53. The molecular formula is C15H16FN5O2. The number of nitrogens with zero attached hydrogens (tertiary/aromatic N) is 2. The lowest BCUT2D eigenvalue weighted by atomic mass is 10.1. The molecule has 23 heavy (non-hydrogen) atoms. The van der Waals surface area contributed by atoms with Crippen molar-refractivity contribution in [3.8, 4) is 0 Å². The van der Waals surface area contributed by atoms with E-state index in [9.17, 15) is 14.0 Å². The maximum atomic E-state index is 13.2. The highest BCUT2D eigenvalue weighted by Crippen LogP contribution is 2.19. The van der Waals surface area contributed by atoms with Gasteiger partial charge in [-0.3, -0.25) is 20.3 Å². The fourth-order valence-corrected chi connectivity index (χ4v) is 2.33. The highest BCUT2D eigenvalue weighted by Gasteiger charge is 2.39. The first kappa shape index (κ1) is 15.0. The van der Waals surface area contributed by atoms with Crippen LogP contribution in [0.2, 0.25) is 0 Å². The maximum Gasteiger partial charge on any atom is 0.249 e. The van der Waals surface area contributed by atoms with Gasteiger partial charge in [0.2, 0.25) is 17.8 Å². The average molecular weight is 317 g/mol. The van der Waals surface area contributed by atoms with Crippen molar-refractivity contribution in [2.24, 2.45) is 4.99 Å². The number of carbonyl (C=O) groups is 2. The number of guanidine groups is 1. The Morgan fingerprint density at radius 2 is 2.22 bits per heavy atom. The highest BCUT2D eigenvalue weighted by atomic mass is 19.1. The Labute approximate surface area is 132 Å². The number of hydrazine groups is 1. The fraction of sp³-hybridized carbons (Fsp3) is 0.267. The molecule has 1 saturated heterocycles. The quantitative estimate of drug-likeness (QED) is 0.762. The summed E-state index contributed by atoms with van der Waals surface area (Å²) in [6.07, 6.45) is -0.0246.